The van der Waals surface area contributed by atoms with Crippen LogP contribution in [0.4, 0.5) is 0 Å². The number of rotatable bonds is 5. The van der Waals surface area contributed by atoms with Gasteiger partial charge in [0.25, 0.3) is 0 Å². The quantitative estimate of drug-likeness (QED) is 0.725. The van der Waals surface area contributed by atoms with Gasteiger partial charge in [-0.05, 0) is 31.1 Å². The van der Waals surface area contributed by atoms with Crippen molar-refractivity contribution in [2.45, 2.75) is 52.0 Å². The molecule has 2 atom stereocenters. The van der Waals surface area contributed by atoms with Crippen LogP contribution in [0.25, 0.3) is 0 Å². The van der Waals surface area contributed by atoms with Crippen molar-refractivity contribution in [2.75, 3.05) is 5.88 Å². The molecule has 1 aliphatic rings. The maximum absolute atomic E-state index is 11.6. The van der Waals surface area contributed by atoms with Crippen LogP contribution in [0.5, 0.6) is 0 Å². The number of carbonyl (C=O) groups is 1. The Morgan fingerprint density at radius 3 is 2.80 bits per heavy atom. The Kier molecular flexibility index (Phi) is 5.44. The van der Waals surface area contributed by atoms with Gasteiger partial charge in [-0.3, -0.25) is 4.79 Å². The summed E-state index contributed by atoms with van der Waals surface area (Å²) in [4.78, 5) is 11.6. The summed E-state index contributed by atoms with van der Waals surface area (Å²) < 4.78 is 0. The van der Waals surface area contributed by atoms with Crippen molar-refractivity contribution >= 4 is 17.5 Å². The Morgan fingerprint density at radius 1 is 1.47 bits per heavy atom. The molecule has 3 heteroatoms. The molecule has 2 nitrogen and oxygen atoms in total. The highest BCUT2D eigenvalue weighted by molar-refractivity contribution is 6.18. The van der Waals surface area contributed by atoms with Gasteiger partial charge >= 0.3 is 0 Å². The molecule has 0 heterocycles. The number of hydrogen-bond acceptors (Lipinski definition) is 1. The van der Waals surface area contributed by atoms with Crippen molar-refractivity contribution in [3.8, 4) is 0 Å². The SMILES string of the molecule is CC(C)CCC(=O)NC1CCCC1CCl. The molecule has 15 heavy (non-hydrogen) atoms. The fourth-order valence-corrected chi connectivity index (χ4v) is 2.48. The summed E-state index contributed by atoms with van der Waals surface area (Å²) in [5.41, 5.74) is 0. The Balaban J connectivity index is 2.24. The molecular formula is C12H22ClNO. The van der Waals surface area contributed by atoms with Gasteiger partial charge in [-0.2, -0.15) is 0 Å². The van der Waals surface area contributed by atoms with Crippen molar-refractivity contribution in [2.24, 2.45) is 11.8 Å². The van der Waals surface area contributed by atoms with Crippen LogP contribution in [0.15, 0.2) is 0 Å². The van der Waals surface area contributed by atoms with Crippen molar-refractivity contribution < 1.29 is 4.79 Å². The fourth-order valence-electron chi connectivity index (χ4n) is 2.11. The molecule has 1 aliphatic carbocycles. The number of nitrogens with one attached hydrogen (secondary N) is 1. The number of carbonyl (C=O) groups excluding carboxylic acids is 1. The molecule has 0 aromatic rings. The van der Waals surface area contributed by atoms with Crippen molar-refractivity contribution in [3.05, 3.63) is 0 Å². The maximum Gasteiger partial charge on any atom is 0.220 e. The van der Waals surface area contributed by atoms with Crippen LogP contribution in [0, 0.1) is 11.8 Å². The Bertz CT molecular complexity index is 206. The zero-order valence-electron chi connectivity index (χ0n) is 9.76. The summed E-state index contributed by atoms with van der Waals surface area (Å²) in [7, 11) is 0. The maximum atomic E-state index is 11.6. The van der Waals surface area contributed by atoms with Crippen LogP contribution in [0.3, 0.4) is 0 Å². The lowest BCUT2D eigenvalue weighted by Gasteiger charge is -2.19. The van der Waals surface area contributed by atoms with Gasteiger partial charge in [0.1, 0.15) is 0 Å². The second-order valence-corrected chi connectivity index (χ2v) is 5.26. The molecule has 1 amide bonds. The van der Waals surface area contributed by atoms with E-state index in [0.29, 0.717) is 30.2 Å². The molecule has 1 rings (SSSR count). The molecule has 0 radical (unpaired) electrons. The van der Waals surface area contributed by atoms with E-state index in [2.05, 4.69) is 19.2 Å². The second kappa shape index (κ2) is 6.37. The molecule has 1 saturated carbocycles. The normalized spacial score (nSPS) is 25.9. The highest BCUT2D eigenvalue weighted by atomic mass is 35.5. The van der Waals surface area contributed by atoms with Gasteiger partial charge in [-0.25, -0.2) is 0 Å². The number of amides is 1. The minimum Gasteiger partial charge on any atom is -0.353 e. The minimum absolute atomic E-state index is 0.200. The van der Waals surface area contributed by atoms with Crippen LogP contribution >= 0.6 is 11.6 Å². The van der Waals surface area contributed by atoms with Crippen LogP contribution < -0.4 is 5.32 Å². The Hall–Kier alpha value is -0.240. The Labute approximate surface area is 97.8 Å². The number of alkyl halides is 1. The smallest absolute Gasteiger partial charge is 0.220 e. The fraction of sp³-hybridized carbons (Fsp3) is 0.917. The van der Waals surface area contributed by atoms with Gasteiger partial charge < -0.3 is 5.32 Å². The van der Waals surface area contributed by atoms with E-state index in [4.69, 9.17) is 11.6 Å². The van der Waals surface area contributed by atoms with E-state index >= 15 is 0 Å². The van der Waals surface area contributed by atoms with Gasteiger partial charge in [0.15, 0.2) is 0 Å². The average Bonchev–Trinajstić information content (AvgIpc) is 2.62. The summed E-state index contributed by atoms with van der Waals surface area (Å²) in [5, 5.41) is 3.11. The van der Waals surface area contributed by atoms with Crippen molar-refractivity contribution in [1.29, 1.82) is 0 Å². The lowest BCUT2D eigenvalue weighted by molar-refractivity contribution is -0.122. The van der Waals surface area contributed by atoms with E-state index in [0.717, 1.165) is 12.8 Å². The molecule has 1 N–H and O–H groups in total. The predicted molar refractivity (Wildman–Crippen MR) is 64.1 cm³/mol. The van der Waals surface area contributed by atoms with Gasteiger partial charge in [0.05, 0.1) is 0 Å². The van der Waals surface area contributed by atoms with Crippen LogP contribution in [0.2, 0.25) is 0 Å². The van der Waals surface area contributed by atoms with Crippen LogP contribution in [-0.4, -0.2) is 17.8 Å². The first-order chi connectivity index (χ1) is 7.13. The topological polar surface area (TPSA) is 29.1 Å². The summed E-state index contributed by atoms with van der Waals surface area (Å²) >= 11 is 5.86. The zero-order valence-corrected chi connectivity index (χ0v) is 10.5. The van der Waals surface area contributed by atoms with Crippen molar-refractivity contribution in [3.63, 3.8) is 0 Å². The van der Waals surface area contributed by atoms with E-state index in [-0.39, 0.29) is 5.91 Å². The lowest BCUT2D eigenvalue weighted by Crippen LogP contribution is -2.37. The average molecular weight is 232 g/mol. The molecule has 2 unspecified atom stereocenters. The van der Waals surface area contributed by atoms with E-state index in [9.17, 15) is 4.79 Å². The summed E-state index contributed by atoms with van der Waals surface area (Å²) in [6.07, 6.45) is 5.10. The molecule has 0 saturated heterocycles. The standard InChI is InChI=1S/C12H22ClNO/c1-9(2)6-7-12(15)14-11-5-3-4-10(11)8-13/h9-11H,3-8H2,1-2H3,(H,14,15). The van der Waals surface area contributed by atoms with Gasteiger partial charge in [-0.1, -0.05) is 20.3 Å². The predicted octanol–water partition coefficient (Wildman–Crippen LogP) is 2.95. The van der Waals surface area contributed by atoms with Gasteiger partial charge in [-0.15, -0.1) is 11.6 Å². The van der Waals surface area contributed by atoms with Crippen LogP contribution in [0.1, 0.15) is 46.0 Å². The first kappa shape index (κ1) is 12.8. The molecule has 0 aromatic carbocycles. The molecule has 0 aliphatic heterocycles. The van der Waals surface area contributed by atoms with Crippen LogP contribution in [-0.2, 0) is 4.79 Å². The zero-order chi connectivity index (χ0) is 11.3. The third-order valence-corrected chi connectivity index (χ3v) is 3.55. The van der Waals surface area contributed by atoms with E-state index in [1.165, 1.54) is 12.8 Å². The molecule has 1 fully saturated rings. The van der Waals surface area contributed by atoms with E-state index in [1.54, 1.807) is 0 Å². The van der Waals surface area contributed by atoms with Gasteiger partial charge in [0, 0.05) is 18.3 Å². The summed E-state index contributed by atoms with van der Waals surface area (Å²) in [6.45, 7) is 4.29. The molecule has 0 aromatic heterocycles. The first-order valence-electron chi connectivity index (χ1n) is 5.98. The molecule has 0 spiro atoms. The first-order valence-corrected chi connectivity index (χ1v) is 6.52. The Morgan fingerprint density at radius 2 is 2.20 bits per heavy atom. The van der Waals surface area contributed by atoms with Gasteiger partial charge in [0.2, 0.25) is 5.91 Å². The molecular weight excluding hydrogens is 210 g/mol. The summed E-state index contributed by atoms with van der Waals surface area (Å²) in [6, 6.07) is 0.335. The highest BCUT2D eigenvalue weighted by Gasteiger charge is 2.27. The number of hydrogen-bond donors (Lipinski definition) is 1. The van der Waals surface area contributed by atoms with E-state index in [1.807, 2.05) is 0 Å². The minimum atomic E-state index is 0.200. The number of halogens is 1. The molecule has 0 bridgehead atoms. The third kappa shape index (κ3) is 4.42. The second-order valence-electron chi connectivity index (χ2n) is 4.95. The largest absolute Gasteiger partial charge is 0.353 e. The highest BCUT2D eigenvalue weighted by Crippen LogP contribution is 2.26. The molecule has 88 valence electrons. The summed E-state index contributed by atoms with van der Waals surface area (Å²) in [5.74, 6) is 1.97. The lowest BCUT2D eigenvalue weighted by atomic mass is 10.0. The van der Waals surface area contributed by atoms with E-state index < -0.39 is 0 Å². The monoisotopic (exact) mass is 231 g/mol. The third-order valence-electron chi connectivity index (χ3n) is 3.15. The van der Waals surface area contributed by atoms with Crippen molar-refractivity contribution in [1.82, 2.24) is 5.32 Å².